The van der Waals surface area contributed by atoms with Crippen molar-refractivity contribution in [3.63, 3.8) is 0 Å². The number of hydrogen-bond donors (Lipinski definition) is 0. The normalized spacial score (nSPS) is 10.4. The molecule has 0 aliphatic rings. The predicted molar refractivity (Wildman–Crippen MR) is 99.9 cm³/mol. The summed E-state index contributed by atoms with van der Waals surface area (Å²) in [5.41, 5.74) is 3.03. The first-order valence-corrected chi connectivity index (χ1v) is 8.29. The number of hydrogen-bond acceptors (Lipinski definition) is 5. The third-order valence-electron chi connectivity index (χ3n) is 3.79. The van der Waals surface area contributed by atoms with Crippen molar-refractivity contribution in [3.05, 3.63) is 60.4 Å². The van der Waals surface area contributed by atoms with Crippen LogP contribution in [0.5, 0.6) is 11.5 Å². The van der Waals surface area contributed by atoms with Gasteiger partial charge in [-0.25, -0.2) is 9.97 Å². The minimum atomic E-state index is 0.00402. The fourth-order valence-electron chi connectivity index (χ4n) is 2.61. The molecule has 0 radical (unpaired) electrons. The number of methoxy groups -OCH3 is 1. The standard InChI is InChI=1S/C21H19N3O2/c1-14(2)26-19-9-8-15(10-16(19)11-22)21-23-12-17(13-24-21)18-6-4-5-7-20(18)25-3/h4-10,12-14H,1-3H3. The molecule has 0 unspecified atom stereocenters. The van der Waals surface area contributed by atoms with Gasteiger partial charge in [0.15, 0.2) is 5.82 Å². The Morgan fingerprint density at radius 3 is 2.35 bits per heavy atom. The molecule has 3 aromatic rings. The SMILES string of the molecule is COc1ccccc1-c1cnc(-c2ccc(OC(C)C)c(C#N)c2)nc1. The Morgan fingerprint density at radius 1 is 0.962 bits per heavy atom. The van der Waals surface area contributed by atoms with Gasteiger partial charge in [0.2, 0.25) is 0 Å². The molecule has 0 amide bonds. The highest BCUT2D eigenvalue weighted by molar-refractivity contribution is 5.70. The van der Waals surface area contributed by atoms with E-state index < -0.39 is 0 Å². The van der Waals surface area contributed by atoms with Crippen LogP contribution >= 0.6 is 0 Å². The quantitative estimate of drug-likeness (QED) is 0.682. The van der Waals surface area contributed by atoms with E-state index in [-0.39, 0.29) is 6.10 Å². The molecule has 5 heteroatoms. The molecule has 0 fully saturated rings. The average molecular weight is 345 g/mol. The number of benzene rings is 2. The summed E-state index contributed by atoms with van der Waals surface area (Å²) in [4.78, 5) is 8.90. The smallest absolute Gasteiger partial charge is 0.159 e. The molecule has 26 heavy (non-hydrogen) atoms. The maximum atomic E-state index is 9.37. The van der Waals surface area contributed by atoms with Crippen LogP contribution in [-0.2, 0) is 0 Å². The van der Waals surface area contributed by atoms with Gasteiger partial charge in [0.25, 0.3) is 0 Å². The predicted octanol–water partition coefficient (Wildman–Crippen LogP) is 4.48. The highest BCUT2D eigenvalue weighted by atomic mass is 16.5. The molecule has 3 rings (SSSR count). The van der Waals surface area contributed by atoms with E-state index in [0.29, 0.717) is 17.1 Å². The molecular formula is C21H19N3O2. The van der Waals surface area contributed by atoms with Crippen molar-refractivity contribution in [2.45, 2.75) is 20.0 Å². The molecule has 0 spiro atoms. The van der Waals surface area contributed by atoms with Crippen LogP contribution in [0.1, 0.15) is 19.4 Å². The van der Waals surface area contributed by atoms with Crippen LogP contribution in [0.15, 0.2) is 54.9 Å². The van der Waals surface area contributed by atoms with Gasteiger partial charge in [-0.05, 0) is 38.1 Å². The van der Waals surface area contributed by atoms with E-state index in [1.54, 1.807) is 31.6 Å². The Morgan fingerprint density at radius 2 is 1.69 bits per heavy atom. The summed E-state index contributed by atoms with van der Waals surface area (Å²) in [5.74, 6) is 1.89. The molecule has 0 saturated heterocycles. The van der Waals surface area contributed by atoms with Gasteiger partial charge in [-0.2, -0.15) is 5.26 Å². The fraction of sp³-hybridized carbons (Fsp3) is 0.190. The van der Waals surface area contributed by atoms with Crippen LogP contribution in [0.25, 0.3) is 22.5 Å². The maximum Gasteiger partial charge on any atom is 0.159 e. The molecule has 0 bridgehead atoms. The Hall–Kier alpha value is -3.39. The summed E-state index contributed by atoms with van der Waals surface area (Å²) >= 11 is 0. The van der Waals surface area contributed by atoms with Crippen LogP contribution in [0.3, 0.4) is 0 Å². The van der Waals surface area contributed by atoms with Crippen molar-refractivity contribution in [1.29, 1.82) is 5.26 Å². The lowest BCUT2D eigenvalue weighted by atomic mass is 10.1. The maximum absolute atomic E-state index is 9.37. The van der Waals surface area contributed by atoms with Crippen LogP contribution < -0.4 is 9.47 Å². The molecule has 2 aromatic carbocycles. The van der Waals surface area contributed by atoms with Gasteiger partial charge in [0, 0.05) is 29.1 Å². The van der Waals surface area contributed by atoms with E-state index in [0.717, 1.165) is 22.4 Å². The third kappa shape index (κ3) is 3.65. The Labute approximate surface area is 152 Å². The zero-order chi connectivity index (χ0) is 18.5. The number of ether oxygens (including phenoxy) is 2. The summed E-state index contributed by atoms with van der Waals surface area (Å²) < 4.78 is 11.0. The van der Waals surface area contributed by atoms with E-state index in [1.165, 1.54) is 0 Å². The van der Waals surface area contributed by atoms with Crippen LogP contribution in [0, 0.1) is 11.3 Å². The number of aromatic nitrogens is 2. The molecule has 130 valence electrons. The summed E-state index contributed by atoms with van der Waals surface area (Å²) in [7, 11) is 1.64. The van der Waals surface area contributed by atoms with Gasteiger partial charge < -0.3 is 9.47 Å². The summed E-state index contributed by atoms with van der Waals surface area (Å²) in [6.07, 6.45) is 3.51. The Bertz CT molecular complexity index is 944. The molecule has 0 aliphatic carbocycles. The highest BCUT2D eigenvalue weighted by Gasteiger charge is 2.11. The zero-order valence-corrected chi connectivity index (χ0v) is 14.9. The van der Waals surface area contributed by atoms with E-state index >= 15 is 0 Å². The van der Waals surface area contributed by atoms with Gasteiger partial charge in [0.1, 0.15) is 17.6 Å². The zero-order valence-electron chi connectivity index (χ0n) is 14.9. The fourth-order valence-corrected chi connectivity index (χ4v) is 2.61. The molecular weight excluding hydrogens is 326 g/mol. The van der Waals surface area contributed by atoms with E-state index in [4.69, 9.17) is 9.47 Å². The monoisotopic (exact) mass is 345 g/mol. The van der Waals surface area contributed by atoms with E-state index in [9.17, 15) is 5.26 Å². The third-order valence-corrected chi connectivity index (χ3v) is 3.79. The van der Waals surface area contributed by atoms with Crippen molar-refractivity contribution >= 4 is 0 Å². The Kier molecular flexibility index (Phi) is 5.14. The number of nitriles is 1. The van der Waals surface area contributed by atoms with E-state index in [1.807, 2.05) is 44.2 Å². The molecule has 0 aliphatic heterocycles. The Balaban J connectivity index is 1.93. The summed E-state index contributed by atoms with van der Waals surface area (Å²) in [6, 6.07) is 15.3. The van der Waals surface area contributed by atoms with Gasteiger partial charge >= 0.3 is 0 Å². The van der Waals surface area contributed by atoms with E-state index in [2.05, 4.69) is 16.0 Å². The first-order valence-electron chi connectivity index (χ1n) is 8.29. The minimum Gasteiger partial charge on any atom is -0.496 e. The molecule has 0 N–H and O–H groups in total. The minimum absolute atomic E-state index is 0.00402. The largest absolute Gasteiger partial charge is 0.496 e. The van der Waals surface area contributed by atoms with Crippen molar-refractivity contribution in [3.8, 4) is 40.1 Å². The van der Waals surface area contributed by atoms with Gasteiger partial charge in [0.05, 0.1) is 18.8 Å². The first kappa shape index (κ1) is 17.4. The van der Waals surface area contributed by atoms with Crippen LogP contribution in [0.4, 0.5) is 0 Å². The lowest BCUT2D eigenvalue weighted by Gasteiger charge is -2.12. The molecule has 1 aromatic heterocycles. The first-order chi connectivity index (χ1) is 12.6. The van der Waals surface area contributed by atoms with Gasteiger partial charge in [-0.1, -0.05) is 18.2 Å². The van der Waals surface area contributed by atoms with Gasteiger partial charge in [-0.15, -0.1) is 0 Å². The highest BCUT2D eigenvalue weighted by Crippen LogP contribution is 2.30. The van der Waals surface area contributed by atoms with Crippen LogP contribution in [-0.4, -0.2) is 23.2 Å². The van der Waals surface area contributed by atoms with Crippen molar-refractivity contribution in [1.82, 2.24) is 9.97 Å². The van der Waals surface area contributed by atoms with Gasteiger partial charge in [-0.3, -0.25) is 0 Å². The van der Waals surface area contributed by atoms with Crippen LogP contribution in [0.2, 0.25) is 0 Å². The lowest BCUT2D eigenvalue weighted by molar-refractivity contribution is 0.242. The second kappa shape index (κ2) is 7.66. The summed E-state index contributed by atoms with van der Waals surface area (Å²) in [5, 5.41) is 9.37. The van der Waals surface area contributed by atoms with Crippen molar-refractivity contribution in [2.75, 3.05) is 7.11 Å². The molecule has 5 nitrogen and oxygen atoms in total. The second-order valence-electron chi connectivity index (χ2n) is 5.98. The van der Waals surface area contributed by atoms with Crippen molar-refractivity contribution < 1.29 is 9.47 Å². The topological polar surface area (TPSA) is 68.0 Å². The lowest BCUT2D eigenvalue weighted by Crippen LogP contribution is -2.06. The number of rotatable bonds is 5. The number of nitrogens with zero attached hydrogens (tertiary/aromatic N) is 3. The second-order valence-corrected chi connectivity index (χ2v) is 5.98. The van der Waals surface area contributed by atoms with Crippen molar-refractivity contribution in [2.24, 2.45) is 0 Å². The summed E-state index contributed by atoms with van der Waals surface area (Å²) in [6.45, 7) is 3.85. The average Bonchev–Trinajstić information content (AvgIpc) is 2.68. The molecule has 0 atom stereocenters. The molecule has 0 saturated carbocycles. The number of para-hydroxylation sites is 1. The molecule has 1 heterocycles.